The summed E-state index contributed by atoms with van der Waals surface area (Å²) in [6.45, 7) is -0.221. The Morgan fingerprint density at radius 1 is 1.05 bits per heavy atom. The van der Waals surface area contributed by atoms with E-state index in [1.54, 1.807) is 48.5 Å². The van der Waals surface area contributed by atoms with Crippen molar-refractivity contribution >= 4 is 31.6 Å². The third-order valence-corrected chi connectivity index (χ3v) is 4.85. The summed E-state index contributed by atoms with van der Waals surface area (Å²) in [6.07, 6.45) is 0. The topological polar surface area (TPSA) is 66.4 Å². The molecule has 4 nitrogen and oxygen atoms in total. The molecular formula is C14H14BrNO3S. The molecule has 0 aliphatic heterocycles. The smallest absolute Gasteiger partial charge is 0.261 e. The number of para-hydroxylation sites is 1. The van der Waals surface area contributed by atoms with Gasteiger partial charge in [0.1, 0.15) is 0 Å². The van der Waals surface area contributed by atoms with E-state index < -0.39 is 10.0 Å². The standard InChI is InChI=1S/C14H14BrNO3S/c15-9-11-5-7-13(8-6-11)20(18,19)16-14-4-2-1-3-12(14)10-17/h1-8,16-17H,9-10H2. The molecule has 0 saturated carbocycles. The largest absolute Gasteiger partial charge is 0.392 e. The highest BCUT2D eigenvalue weighted by Crippen LogP contribution is 2.20. The summed E-state index contributed by atoms with van der Waals surface area (Å²) in [4.78, 5) is 0.190. The van der Waals surface area contributed by atoms with Crippen molar-refractivity contribution in [3.63, 3.8) is 0 Å². The fourth-order valence-electron chi connectivity index (χ4n) is 1.72. The predicted molar refractivity (Wildman–Crippen MR) is 82.2 cm³/mol. The number of nitrogens with one attached hydrogen (secondary N) is 1. The number of sulfonamides is 1. The summed E-state index contributed by atoms with van der Waals surface area (Å²) in [6, 6.07) is 13.4. The second-order valence-electron chi connectivity index (χ2n) is 4.20. The van der Waals surface area contributed by atoms with E-state index >= 15 is 0 Å². The zero-order valence-electron chi connectivity index (χ0n) is 10.6. The Morgan fingerprint density at radius 2 is 1.70 bits per heavy atom. The molecule has 2 N–H and O–H groups in total. The second-order valence-corrected chi connectivity index (χ2v) is 6.44. The number of benzene rings is 2. The minimum Gasteiger partial charge on any atom is -0.392 e. The highest BCUT2D eigenvalue weighted by molar-refractivity contribution is 9.08. The van der Waals surface area contributed by atoms with Crippen LogP contribution in [0, 0.1) is 0 Å². The molecule has 0 heterocycles. The van der Waals surface area contributed by atoms with E-state index in [1.165, 1.54) is 0 Å². The lowest BCUT2D eigenvalue weighted by atomic mass is 10.2. The van der Waals surface area contributed by atoms with Crippen LogP contribution < -0.4 is 4.72 Å². The first-order valence-corrected chi connectivity index (χ1v) is 8.54. The maximum Gasteiger partial charge on any atom is 0.261 e. The molecular weight excluding hydrogens is 342 g/mol. The molecule has 2 aromatic rings. The van der Waals surface area contributed by atoms with Gasteiger partial charge in [-0.2, -0.15) is 0 Å². The molecule has 2 aromatic carbocycles. The summed E-state index contributed by atoms with van der Waals surface area (Å²) in [7, 11) is -3.65. The SMILES string of the molecule is O=S(=O)(Nc1ccccc1CO)c1ccc(CBr)cc1. The Hall–Kier alpha value is -1.37. The third-order valence-electron chi connectivity index (χ3n) is 2.82. The molecule has 0 radical (unpaired) electrons. The molecule has 0 aliphatic carbocycles. The molecule has 0 spiro atoms. The average molecular weight is 356 g/mol. The van der Waals surface area contributed by atoms with E-state index in [1.807, 2.05) is 0 Å². The zero-order valence-corrected chi connectivity index (χ0v) is 13.0. The Labute approximate surface area is 126 Å². The van der Waals surface area contributed by atoms with Crippen molar-refractivity contribution < 1.29 is 13.5 Å². The zero-order chi connectivity index (χ0) is 14.6. The molecule has 0 bridgehead atoms. The highest BCUT2D eigenvalue weighted by atomic mass is 79.9. The molecule has 0 aliphatic rings. The first-order chi connectivity index (χ1) is 9.56. The fourth-order valence-corrected chi connectivity index (χ4v) is 3.19. The van der Waals surface area contributed by atoms with Gasteiger partial charge in [0.05, 0.1) is 17.2 Å². The van der Waals surface area contributed by atoms with Gasteiger partial charge in [0.25, 0.3) is 10.0 Å². The van der Waals surface area contributed by atoms with Gasteiger partial charge in [-0.15, -0.1) is 0 Å². The molecule has 0 fully saturated rings. The number of hydrogen-bond acceptors (Lipinski definition) is 3. The number of alkyl halides is 1. The van der Waals surface area contributed by atoms with E-state index in [2.05, 4.69) is 20.7 Å². The Balaban J connectivity index is 2.30. The molecule has 106 valence electrons. The number of rotatable bonds is 5. The van der Waals surface area contributed by atoms with E-state index in [-0.39, 0.29) is 11.5 Å². The van der Waals surface area contributed by atoms with Gasteiger partial charge in [0, 0.05) is 10.9 Å². The van der Waals surface area contributed by atoms with Crippen LogP contribution in [0.1, 0.15) is 11.1 Å². The lowest BCUT2D eigenvalue weighted by Gasteiger charge is -2.11. The number of halogens is 1. The monoisotopic (exact) mass is 355 g/mol. The van der Waals surface area contributed by atoms with Crippen molar-refractivity contribution in [2.24, 2.45) is 0 Å². The van der Waals surface area contributed by atoms with Crippen LogP contribution in [0.25, 0.3) is 0 Å². The fraction of sp³-hybridized carbons (Fsp3) is 0.143. The normalized spacial score (nSPS) is 11.3. The lowest BCUT2D eigenvalue weighted by Crippen LogP contribution is -2.14. The number of anilines is 1. The van der Waals surface area contributed by atoms with Crippen LogP contribution in [-0.4, -0.2) is 13.5 Å². The van der Waals surface area contributed by atoms with Crippen LogP contribution in [0.2, 0.25) is 0 Å². The van der Waals surface area contributed by atoms with Gasteiger partial charge in [-0.05, 0) is 23.8 Å². The summed E-state index contributed by atoms with van der Waals surface area (Å²) in [5.74, 6) is 0. The quantitative estimate of drug-likeness (QED) is 0.810. The van der Waals surface area contributed by atoms with E-state index in [0.29, 0.717) is 16.6 Å². The van der Waals surface area contributed by atoms with E-state index in [4.69, 9.17) is 0 Å². The van der Waals surface area contributed by atoms with Crippen molar-refractivity contribution in [2.75, 3.05) is 4.72 Å². The van der Waals surface area contributed by atoms with Crippen LogP contribution in [0.4, 0.5) is 5.69 Å². The molecule has 20 heavy (non-hydrogen) atoms. The maximum atomic E-state index is 12.3. The van der Waals surface area contributed by atoms with Crippen molar-refractivity contribution in [3.05, 3.63) is 59.7 Å². The minimum absolute atomic E-state index is 0.190. The highest BCUT2D eigenvalue weighted by Gasteiger charge is 2.15. The van der Waals surface area contributed by atoms with Gasteiger partial charge in [-0.25, -0.2) is 8.42 Å². The first-order valence-electron chi connectivity index (χ1n) is 5.93. The summed E-state index contributed by atoms with van der Waals surface area (Å²) in [5.41, 5.74) is 1.92. The van der Waals surface area contributed by atoms with Crippen molar-refractivity contribution in [1.29, 1.82) is 0 Å². The Bertz CT molecular complexity index is 684. The molecule has 0 amide bonds. The Morgan fingerprint density at radius 3 is 2.30 bits per heavy atom. The van der Waals surface area contributed by atoms with Crippen molar-refractivity contribution in [2.45, 2.75) is 16.8 Å². The molecule has 0 aromatic heterocycles. The lowest BCUT2D eigenvalue weighted by molar-refractivity contribution is 0.282. The summed E-state index contributed by atoms with van der Waals surface area (Å²) in [5, 5.41) is 9.89. The average Bonchev–Trinajstić information content (AvgIpc) is 2.47. The van der Waals surface area contributed by atoms with Gasteiger partial charge in [-0.3, -0.25) is 4.72 Å². The first kappa shape index (κ1) is 15.0. The number of hydrogen-bond donors (Lipinski definition) is 2. The van der Waals surface area contributed by atoms with Crippen LogP contribution in [0.5, 0.6) is 0 Å². The van der Waals surface area contributed by atoms with Gasteiger partial charge >= 0.3 is 0 Å². The van der Waals surface area contributed by atoms with Gasteiger partial charge < -0.3 is 5.11 Å². The number of aliphatic hydroxyl groups excluding tert-OH is 1. The molecule has 2 rings (SSSR count). The summed E-state index contributed by atoms with van der Waals surface area (Å²) >= 11 is 3.31. The van der Waals surface area contributed by atoms with Gasteiger partial charge in [-0.1, -0.05) is 46.3 Å². The van der Waals surface area contributed by atoms with E-state index in [0.717, 1.165) is 5.56 Å². The summed E-state index contributed by atoms with van der Waals surface area (Å²) < 4.78 is 27.0. The van der Waals surface area contributed by atoms with Gasteiger partial charge in [0.15, 0.2) is 0 Å². The van der Waals surface area contributed by atoms with Crippen molar-refractivity contribution in [3.8, 4) is 0 Å². The predicted octanol–water partition coefficient (Wildman–Crippen LogP) is 2.87. The van der Waals surface area contributed by atoms with Crippen LogP contribution >= 0.6 is 15.9 Å². The van der Waals surface area contributed by atoms with E-state index in [9.17, 15) is 13.5 Å². The minimum atomic E-state index is -3.65. The third kappa shape index (κ3) is 3.39. The molecule has 6 heteroatoms. The van der Waals surface area contributed by atoms with Crippen LogP contribution in [0.3, 0.4) is 0 Å². The van der Waals surface area contributed by atoms with Crippen LogP contribution in [0.15, 0.2) is 53.4 Å². The number of aliphatic hydroxyl groups is 1. The molecule has 0 unspecified atom stereocenters. The molecule has 0 saturated heterocycles. The van der Waals surface area contributed by atoms with Crippen LogP contribution in [-0.2, 0) is 22.0 Å². The Kier molecular flexibility index (Phi) is 4.80. The second kappa shape index (κ2) is 6.39. The van der Waals surface area contributed by atoms with Crippen molar-refractivity contribution in [1.82, 2.24) is 0 Å². The molecule has 0 atom stereocenters. The van der Waals surface area contributed by atoms with Gasteiger partial charge in [0.2, 0.25) is 0 Å². The maximum absolute atomic E-state index is 12.3.